The largest absolute Gasteiger partial charge is 0.454 e. The molecule has 0 aromatic rings. The molecule has 0 radical (unpaired) electrons. The molecule has 2 fully saturated rings. The summed E-state index contributed by atoms with van der Waals surface area (Å²) < 4.78 is 27.6. The molecule has 1 spiro atoms. The van der Waals surface area contributed by atoms with Gasteiger partial charge < -0.3 is 39.1 Å². The molecule has 0 saturated carbocycles. The minimum atomic E-state index is -2.26. The van der Waals surface area contributed by atoms with Crippen molar-refractivity contribution in [3.63, 3.8) is 0 Å². The highest BCUT2D eigenvalue weighted by Crippen LogP contribution is 2.49. The molecule has 11 heteroatoms. The number of esters is 1. The summed E-state index contributed by atoms with van der Waals surface area (Å²) in [4.78, 5) is 12.7. The summed E-state index contributed by atoms with van der Waals surface area (Å²) in [6.07, 6.45) is -1.76. The summed E-state index contributed by atoms with van der Waals surface area (Å²) in [5.74, 6) is -2.19. The normalized spacial score (nSPS) is 35.2. The predicted molar refractivity (Wildman–Crippen MR) is 99.9 cm³/mol. The van der Waals surface area contributed by atoms with Crippen LogP contribution >= 0.6 is 0 Å². The number of carbonyl (C=O) groups is 1. The molecule has 162 valence electrons. The Labute approximate surface area is 165 Å². The molecule has 0 aliphatic carbocycles. The van der Waals surface area contributed by atoms with Crippen LogP contribution in [0.15, 0.2) is 5.16 Å². The topological polar surface area (TPSA) is 136 Å². The maximum atomic E-state index is 12.7. The first-order valence-electron chi connectivity index (χ1n) is 9.18. The monoisotopic (exact) mass is 421 g/mol. The summed E-state index contributed by atoms with van der Waals surface area (Å²) in [6, 6.07) is 0.980. The van der Waals surface area contributed by atoms with Crippen molar-refractivity contribution in [3.05, 3.63) is 0 Å². The van der Waals surface area contributed by atoms with Gasteiger partial charge in [0.05, 0.1) is 19.4 Å². The summed E-state index contributed by atoms with van der Waals surface area (Å²) in [7, 11) is -1.22. The maximum absolute atomic E-state index is 12.7. The van der Waals surface area contributed by atoms with E-state index >= 15 is 0 Å². The van der Waals surface area contributed by atoms with E-state index in [-0.39, 0.29) is 13.4 Å². The van der Waals surface area contributed by atoms with E-state index in [0.717, 1.165) is 6.04 Å². The van der Waals surface area contributed by atoms with Gasteiger partial charge in [-0.1, -0.05) is 24.8 Å². The molecule has 10 nitrogen and oxygen atoms in total. The number of rotatable bonds is 9. The smallest absolute Gasteiger partial charge is 0.345 e. The number of aliphatic hydroxyl groups is 2. The lowest BCUT2D eigenvalue weighted by Gasteiger charge is -2.35. The van der Waals surface area contributed by atoms with Crippen LogP contribution in [0.3, 0.4) is 0 Å². The number of carbonyl (C=O) groups excluding carboxylic acids is 1. The Kier molecular flexibility index (Phi) is 6.91. The lowest BCUT2D eigenvalue weighted by atomic mass is 9.78. The van der Waals surface area contributed by atoms with Crippen molar-refractivity contribution < 1.29 is 43.9 Å². The van der Waals surface area contributed by atoms with Crippen molar-refractivity contribution in [1.82, 2.24) is 0 Å². The zero-order chi connectivity index (χ0) is 21.2. The lowest BCUT2D eigenvalue weighted by Crippen LogP contribution is -2.66. The highest BCUT2D eigenvalue weighted by atomic mass is 28.3. The molecule has 28 heavy (non-hydrogen) atoms. The van der Waals surface area contributed by atoms with Crippen molar-refractivity contribution in [1.29, 1.82) is 0 Å². The number of ether oxygens (including phenoxy) is 5. The molecule has 2 aliphatic rings. The second-order valence-corrected chi connectivity index (χ2v) is 14.3. The van der Waals surface area contributed by atoms with Crippen LogP contribution in [-0.2, 0) is 28.5 Å². The van der Waals surface area contributed by atoms with Crippen LogP contribution < -0.4 is 0 Å². The first-order valence-corrected chi connectivity index (χ1v) is 12.9. The van der Waals surface area contributed by atoms with Crippen molar-refractivity contribution >= 4 is 20.3 Å². The standard InChI is InChI=1S/C17H31NO9Si/c1-15(2)26-13(9-24-11-23-6-7-28(3,4)5)17(27-15)14(20)25-12(8-19)16(17,21)10-18-22/h10,12-13,19,21-22H,6-9,11H2,1-5H3/b18-10+/t12-,13-,16+,17+/m1/s1. The third-order valence-corrected chi connectivity index (χ3v) is 6.48. The zero-order valence-electron chi connectivity index (χ0n) is 17.0. The number of cyclic esters (lactones) is 1. The fraction of sp³-hybridized carbons (Fsp3) is 0.882. The average molecular weight is 422 g/mol. The van der Waals surface area contributed by atoms with Crippen LogP contribution in [0, 0.1) is 0 Å². The fourth-order valence-electron chi connectivity index (χ4n) is 3.37. The zero-order valence-corrected chi connectivity index (χ0v) is 18.0. The quantitative estimate of drug-likeness (QED) is 0.0914. The van der Waals surface area contributed by atoms with Crippen LogP contribution in [0.1, 0.15) is 13.8 Å². The van der Waals surface area contributed by atoms with Crippen LogP contribution in [0.5, 0.6) is 0 Å². The molecule has 0 aromatic carbocycles. The molecular formula is C17H31NO9Si. The van der Waals surface area contributed by atoms with Gasteiger partial charge in [-0.05, 0) is 19.9 Å². The van der Waals surface area contributed by atoms with E-state index in [1.54, 1.807) is 13.8 Å². The van der Waals surface area contributed by atoms with Gasteiger partial charge in [0.1, 0.15) is 12.9 Å². The first kappa shape index (κ1) is 23.2. The summed E-state index contributed by atoms with van der Waals surface area (Å²) >= 11 is 0. The molecule has 2 saturated heterocycles. The van der Waals surface area contributed by atoms with Crippen LogP contribution in [0.2, 0.25) is 25.7 Å². The van der Waals surface area contributed by atoms with E-state index in [4.69, 9.17) is 28.9 Å². The molecule has 4 atom stereocenters. The molecule has 0 unspecified atom stereocenters. The number of oxime groups is 1. The van der Waals surface area contributed by atoms with E-state index in [0.29, 0.717) is 12.8 Å². The Morgan fingerprint density at radius 3 is 2.50 bits per heavy atom. The minimum absolute atomic E-state index is 0.0220. The van der Waals surface area contributed by atoms with Crippen LogP contribution in [0.25, 0.3) is 0 Å². The van der Waals surface area contributed by atoms with E-state index in [1.165, 1.54) is 0 Å². The van der Waals surface area contributed by atoms with Gasteiger partial charge in [0.2, 0.25) is 5.60 Å². The SMILES string of the molecule is CC1(C)O[C@H](COCOCC[Si](C)(C)C)[C@]2(O1)C(=O)O[C@H](CO)[C@@]2(O)/C=N/O. The molecule has 2 aliphatic heterocycles. The van der Waals surface area contributed by atoms with E-state index in [2.05, 4.69) is 24.8 Å². The molecule has 0 bridgehead atoms. The van der Waals surface area contributed by atoms with Crippen molar-refractivity contribution in [2.75, 3.05) is 26.6 Å². The highest BCUT2D eigenvalue weighted by molar-refractivity contribution is 6.76. The molecule has 2 heterocycles. The Balaban J connectivity index is 2.13. The van der Waals surface area contributed by atoms with Crippen molar-refractivity contribution in [3.8, 4) is 0 Å². The van der Waals surface area contributed by atoms with E-state index in [9.17, 15) is 15.0 Å². The highest BCUT2D eigenvalue weighted by Gasteiger charge is 2.76. The summed E-state index contributed by atoms with van der Waals surface area (Å²) in [6.45, 7) is 9.53. The number of aliphatic hydroxyl groups excluding tert-OH is 1. The lowest BCUT2D eigenvalue weighted by molar-refractivity contribution is -0.193. The van der Waals surface area contributed by atoms with Gasteiger partial charge in [0, 0.05) is 14.7 Å². The van der Waals surface area contributed by atoms with Gasteiger partial charge in [-0.3, -0.25) is 0 Å². The van der Waals surface area contributed by atoms with Crippen LogP contribution in [0.4, 0.5) is 0 Å². The molecular weight excluding hydrogens is 390 g/mol. The molecule has 0 amide bonds. The van der Waals surface area contributed by atoms with Gasteiger partial charge in [-0.25, -0.2) is 4.79 Å². The number of hydrogen-bond donors (Lipinski definition) is 3. The van der Waals surface area contributed by atoms with Gasteiger partial charge in [0.15, 0.2) is 17.5 Å². The molecule has 2 rings (SSSR count). The Bertz CT molecular complexity index is 594. The minimum Gasteiger partial charge on any atom is -0.454 e. The third kappa shape index (κ3) is 4.40. The van der Waals surface area contributed by atoms with Gasteiger partial charge in [0.25, 0.3) is 0 Å². The predicted octanol–water partition coefficient (Wildman–Crippen LogP) is 0.314. The maximum Gasteiger partial charge on any atom is 0.345 e. The Hall–Kier alpha value is -1.08. The Morgan fingerprint density at radius 1 is 1.25 bits per heavy atom. The second kappa shape index (κ2) is 8.34. The first-order chi connectivity index (χ1) is 12.9. The second-order valence-electron chi connectivity index (χ2n) is 8.70. The Morgan fingerprint density at radius 2 is 1.93 bits per heavy atom. The van der Waals surface area contributed by atoms with Crippen molar-refractivity contribution in [2.45, 2.75) is 68.7 Å². The molecule has 0 aromatic heterocycles. The summed E-state index contributed by atoms with van der Waals surface area (Å²) in [5, 5.41) is 32.5. The van der Waals surface area contributed by atoms with Crippen molar-refractivity contribution in [2.24, 2.45) is 5.16 Å². The van der Waals surface area contributed by atoms with Gasteiger partial charge in [-0.2, -0.15) is 0 Å². The van der Waals surface area contributed by atoms with Gasteiger partial charge >= 0.3 is 5.97 Å². The number of nitrogens with zero attached hydrogens (tertiary/aromatic N) is 1. The summed E-state index contributed by atoms with van der Waals surface area (Å²) in [5.41, 5.74) is -4.32. The van der Waals surface area contributed by atoms with E-state index in [1.807, 2.05) is 0 Å². The average Bonchev–Trinajstić information content (AvgIpc) is 2.96. The van der Waals surface area contributed by atoms with Gasteiger partial charge in [-0.15, -0.1) is 0 Å². The molecule has 3 N–H and O–H groups in total. The number of hydrogen-bond acceptors (Lipinski definition) is 10. The fourth-order valence-corrected chi connectivity index (χ4v) is 4.13. The van der Waals surface area contributed by atoms with Crippen LogP contribution in [-0.4, -0.2) is 91.5 Å². The van der Waals surface area contributed by atoms with E-state index < -0.39 is 49.8 Å². The third-order valence-electron chi connectivity index (χ3n) is 4.78.